The molecule has 1 aromatic carbocycles. The van der Waals surface area contributed by atoms with E-state index >= 15 is 0 Å². The molecule has 0 unspecified atom stereocenters. The topological polar surface area (TPSA) is 83.0 Å². The van der Waals surface area contributed by atoms with E-state index in [1.807, 2.05) is 12.1 Å². The van der Waals surface area contributed by atoms with Gasteiger partial charge in [0.25, 0.3) is 5.91 Å². The van der Waals surface area contributed by atoms with Crippen LogP contribution in [0, 0.1) is 11.3 Å². The summed E-state index contributed by atoms with van der Waals surface area (Å²) in [5.74, 6) is -0.174. The molecular formula is C16H16N4O. The molecule has 0 atom stereocenters. The smallest absolute Gasteiger partial charge is 0.256 e. The van der Waals surface area contributed by atoms with Crippen LogP contribution in [0.4, 0.5) is 5.69 Å². The molecule has 0 aliphatic carbocycles. The lowest BCUT2D eigenvalue weighted by Gasteiger charge is -2.22. The van der Waals surface area contributed by atoms with Crippen molar-refractivity contribution in [1.29, 1.82) is 5.26 Å². The van der Waals surface area contributed by atoms with Gasteiger partial charge in [0.1, 0.15) is 0 Å². The molecule has 2 aromatic rings. The second-order valence-electron chi connectivity index (χ2n) is 4.58. The van der Waals surface area contributed by atoms with Crippen molar-refractivity contribution in [1.82, 2.24) is 9.88 Å². The summed E-state index contributed by atoms with van der Waals surface area (Å²) in [5, 5.41) is 8.76. The van der Waals surface area contributed by atoms with Crippen LogP contribution in [0.5, 0.6) is 0 Å². The zero-order valence-electron chi connectivity index (χ0n) is 11.6. The zero-order chi connectivity index (χ0) is 15.1. The molecule has 0 aliphatic rings. The van der Waals surface area contributed by atoms with Gasteiger partial charge in [0.2, 0.25) is 0 Å². The van der Waals surface area contributed by atoms with Gasteiger partial charge in [-0.05, 0) is 23.8 Å². The highest BCUT2D eigenvalue weighted by molar-refractivity contribution is 5.99. The standard InChI is InChI=1S/C16H16N4O/c17-8-4-10-20(12-13-5-3-9-19-11-13)16(21)14-6-1-2-7-15(14)18/h1-3,5-7,9,11H,4,10,12,18H2. The second kappa shape index (κ2) is 7.06. The third kappa shape index (κ3) is 3.80. The van der Waals surface area contributed by atoms with E-state index in [0.717, 1.165) is 5.56 Å². The van der Waals surface area contributed by atoms with E-state index in [1.54, 1.807) is 41.6 Å². The minimum Gasteiger partial charge on any atom is -0.398 e. The number of pyridine rings is 1. The number of nitriles is 1. The van der Waals surface area contributed by atoms with Crippen molar-refractivity contribution in [3.63, 3.8) is 0 Å². The molecule has 0 fully saturated rings. The summed E-state index contributed by atoms with van der Waals surface area (Å²) >= 11 is 0. The average molecular weight is 280 g/mol. The Bertz CT molecular complexity index is 649. The Morgan fingerprint density at radius 1 is 1.29 bits per heavy atom. The summed E-state index contributed by atoms with van der Waals surface area (Å²) in [6.07, 6.45) is 3.67. The molecule has 5 heteroatoms. The molecule has 0 spiro atoms. The maximum absolute atomic E-state index is 12.6. The highest BCUT2D eigenvalue weighted by Crippen LogP contribution is 2.15. The van der Waals surface area contributed by atoms with Gasteiger partial charge in [-0.2, -0.15) is 5.26 Å². The van der Waals surface area contributed by atoms with Crippen LogP contribution in [0.25, 0.3) is 0 Å². The number of anilines is 1. The minimum absolute atomic E-state index is 0.174. The van der Waals surface area contributed by atoms with Crippen molar-refractivity contribution in [3.8, 4) is 6.07 Å². The first-order chi connectivity index (χ1) is 10.2. The lowest BCUT2D eigenvalue weighted by atomic mass is 10.1. The molecule has 106 valence electrons. The number of nitrogens with zero attached hydrogens (tertiary/aromatic N) is 3. The first-order valence-electron chi connectivity index (χ1n) is 6.62. The molecule has 0 radical (unpaired) electrons. The van der Waals surface area contributed by atoms with Gasteiger partial charge < -0.3 is 10.6 Å². The first-order valence-corrected chi connectivity index (χ1v) is 6.62. The van der Waals surface area contributed by atoms with Crippen LogP contribution >= 0.6 is 0 Å². The SMILES string of the molecule is N#CCCN(Cc1cccnc1)C(=O)c1ccccc1N. The van der Waals surface area contributed by atoms with Gasteiger partial charge in [-0.3, -0.25) is 9.78 Å². The van der Waals surface area contributed by atoms with Crippen molar-refractivity contribution in [3.05, 3.63) is 59.9 Å². The Kier molecular flexibility index (Phi) is 4.89. The molecular weight excluding hydrogens is 264 g/mol. The van der Waals surface area contributed by atoms with E-state index in [2.05, 4.69) is 11.1 Å². The summed E-state index contributed by atoms with van der Waals surface area (Å²) in [6.45, 7) is 0.765. The van der Waals surface area contributed by atoms with Crippen molar-refractivity contribution in [2.75, 3.05) is 12.3 Å². The quantitative estimate of drug-likeness (QED) is 0.851. The summed E-state index contributed by atoms with van der Waals surface area (Å²) in [5.41, 5.74) is 7.67. The van der Waals surface area contributed by atoms with Crippen molar-refractivity contribution >= 4 is 11.6 Å². The van der Waals surface area contributed by atoms with Crippen LogP contribution in [0.1, 0.15) is 22.3 Å². The van der Waals surface area contributed by atoms with E-state index in [9.17, 15) is 4.79 Å². The van der Waals surface area contributed by atoms with Crippen LogP contribution < -0.4 is 5.73 Å². The number of benzene rings is 1. The average Bonchev–Trinajstić information content (AvgIpc) is 2.52. The van der Waals surface area contributed by atoms with Crippen LogP contribution in [-0.2, 0) is 6.54 Å². The predicted octanol–water partition coefficient (Wildman–Crippen LogP) is 2.22. The predicted molar refractivity (Wildman–Crippen MR) is 80.1 cm³/mol. The highest BCUT2D eigenvalue weighted by Gasteiger charge is 2.17. The number of aromatic nitrogens is 1. The third-order valence-corrected chi connectivity index (χ3v) is 3.07. The van der Waals surface area contributed by atoms with E-state index in [-0.39, 0.29) is 12.3 Å². The number of carbonyl (C=O) groups excluding carboxylic acids is 1. The van der Waals surface area contributed by atoms with Crippen LogP contribution in [0.15, 0.2) is 48.8 Å². The fourth-order valence-corrected chi connectivity index (χ4v) is 2.01. The van der Waals surface area contributed by atoms with Gasteiger partial charge in [0.05, 0.1) is 18.1 Å². The van der Waals surface area contributed by atoms with Crippen LogP contribution in [-0.4, -0.2) is 22.3 Å². The summed E-state index contributed by atoms with van der Waals surface area (Å²) in [7, 11) is 0. The number of nitrogen functional groups attached to an aromatic ring is 1. The molecule has 21 heavy (non-hydrogen) atoms. The highest BCUT2D eigenvalue weighted by atomic mass is 16.2. The number of nitrogens with two attached hydrogens (primary N) is 1. The summed E-state index contributed by atoms with van der Waals surface area (Å²) in [4.78, 5) is 18.2. The minimum atomic E-state index is -0.174. The van der Waals surface area contributed by atoms with Gasteiger partial charge >= 0.3 is 0 Å². The van der Waals surface area contributed by atoms with Crippen LogP contribution in [0.2, 0.25) is 0 Å². The first kappa shape index (κ1) is 14.5. The Labute approximate surface area is 123 Å². The van der Waals surface area contributed by atoms with E-state index < -0.39 is 0 Å². The largest absolute Gasteiger partial charge is 0.398 e. The molecule has 0 aliphatic heterocycles. The van der Waals surface area contributed by atoms with E-state index in [4.69, 9.17) is 11.0 Å². The number of hydrogen-bond acceptors (Lipinski definition) is 4. The second-order valence-corrected chi connectivity index (χ2v) is 4.58. The fourth-order valence-electron chi connectivity index (χ4n) is 2.01. The normalized spacial score (nSPS) is 9.86. The number of hydrogen-bond donors (Lipinski definition) is 1. The summed E-state index contributed by atoms with van der Waals surface area (Å²) in [6, 6.07) is 12.7. The van der Waals surface area contributed by atoms with Crippen molar-refractivity contribution in [2.45, 2.75) is 13.0 Å². The maximum Gasteiger partial charge on any atom is 0.256 e. The Morgan fingerprint density at radius 3 is 2.76 bits per heavy atom. The van der Waals surface area contributed by atoms with Crippen LogP contribution in [0.3, 0.4) is 0 Å². The van der Waals surface area contributed by atoms with Gasteiger partial charge in [0, 0.05) is 31.2 Å². The molecule has 1 amide bonds. The lowest BCUT2D eigenvalue weighted by Crippen LogP contribution is -2.32. The van der Waals surface area contributed by atoms with E-state index in [1.165, 1.54) is 0 Å². The number of amides is 1. The number of para-hydroxylation sites is 1. The van der Waals surface area contributed by atoms with E-state index in [0.29, 0.717) is 24.3 Å². The van der Waals surface area contributed by atoms with Gasteiger partial charge in [-0.25, -0.2) is 0 Å². The molecule has 2 rings (SSSR count). The molecule has 0 bridgehead atoms. The molecule has 0 saturated carbocycles. The van der Waals surface area contributed by atoms with Crippen molar-refractivity contribution < 1.29 is 4.79 Å². The monoisotopic (exact) mass is 280 g/mol. The Hall–Kier alpha value is -2.87. The van der Waals surface area contributed by atoms with Gasteiger partial charge in [-0.1, -0.05) is 18.2 Å². The number of rotatable bonds is 5. The molecule has 1 heterocycles. The lowest BCUT2D eigenvalue weighted by molar-refractivity contribution is 0.0748. The van der Waals surface area contributed by atoms with Gasteiger partial charge in [0.15, 0.2) is 0 Å². The molecule has 0 saturated heterocycles. The van der Waals surface area contributed by atoms with Gasteiger partial charge in [-0.15, -0.1) is 0 Å². The third-order valence-electron chi connectivity index (χ3n) is 3.07. The maximum atomic E-state index is 12.6. The summed E-state index contributed by atoms with van der Waals surface area (Å²) < 4.78 is 0. The molecule has 1 aromatic heterocycles. The number of carbonyl (C=O) groups is 1. The Morgan fingerprint density at radius 2 is 2.10 bits per heavy atom. The fraction of sp³-hybridized carbons (Fsp3) is 0.188. The molecule has 2 N–H and O–H groups in total. The van der Waals surface area contributed by atoms with Crippen molar-refractivity contribution in [2.24, 2.45) is 0 Å². The Balaban J connectivity index is 2.21. The molecule has 5 nitrogen and oxygen atoms in total. The zero-order valence-corrected chi connectivity index (χ0v) is 11.6.